The van der Waals surface area contributed by atoms with Gasteiger partial charge in [0.05, 0.1) is 23.6 Å². The minimum Gasteiger partial charge on any atom is -0.398 e. The van der Waals surface area contributed by atoms with Crippen LogP contribution in [0, 0.1) is 0 Å². The second-order valence-corrected chi connectivity index (χ2v) is 6.83. The van der Waals surface area contributed by atoms with Crippen molar-refractivity contribution in [3.05, 3.63) is 41.4 Å². The summed E-state index contributed by atoms with van der Waals surface area (Å²) in [5.74, 6) is 0.467. The van der Waals surface area contributed by atoms with Crippen molar-refractivity contribution in [3.63, 3.8) is 0 Å². The third-order valence-electron chi connectivity index (χ3n) is 4.70. The van der Waals surface area contributed by atoms with Crippen molar-refractivity contribution in [1.29, 1.82) is 0 Å². The van der Waals surface area contributed by atoms with Crippen molar-refractivity contribution >= 4 is 34.3 Å². The van der Waals surface area contributed by atoms with Crippen LogP contribution in [0.4, 0.5) is 11.5 Å². The van der Waals surface area contributed by atoms with Crippen molar-refractivity contribution < 1.29 is 20.1 Å². The maximum Gasteiger partial charge on any atom is 0.167 e. The number of hydrogen-bond acceptors (Lipinski definition) is 9. The van der Waals surface area contributed by atoms with E-state index in [-0.39, 0.29) is 0 Å². The number of benzene rings is 1. The predicted octanol–water partition coefficient (Wildman–Crippen LogP) is 0.285. The Morgan fingerprint density at radius 1 is 1.21 bits per heavy atom. The van der Waals surface area contributed by atoms with Gasteiger partial charge in [0.2, 0.25) is 0 Å². The molecule has 1 aliphatic rings. The second kappa shape index (κ2) is 7.49. The average molecular weight is 407 g/mol. The van der Waals surface area contributed by atoms with Crippen molar-refractivity contribution in [1.82, 2.24) is 19.5 Å². The Hall–Kier alpha value is -2.50. The third-order valence-corrected chi connectivity index (χ3v) is 5.17. The number of anilines is 2. The fourth-order valence-electron chi connectivity index (χ4n) is 3.19. The van der Waals surface area contributed by atoms with E-state index in [4.69, 9.17) is 22.1 Å². The van der Waals surface area contributed by atoms with Gasteiger partial charge in [-0.05, 0) is 11.6 Å². The number of aliphatic hydroxyl groups is 3. The van der Waals surface area contributed by atoms with E-state index in [1.54, 1.807) is 6.07 Å². The summed E-state index contributed by atoms with van der Waals surface area (Å²) < 4.78 is 7.05. The molecule has 1 aromatic carbocycles. The number of nitrogen functional groups attached to an aromatic ring is 1. The molecule has 0 radical (unpaired) electrons. The number of ether oxygens (including phenoxy) is 1. The van der Waals surface area contributed by atoms with Crippen LogP contribution in [0.1, 0.15) is 11.8 Å². The fourth-order valence-corrected chi connectivity index (χ4v) is 3.39. The number of nitrogens with zero attached hydrogens (tertiary/aromatic N) is 4. The monoisotopic (exact) mass is 406 g/mol. The Balaban J connectivity index is 1.61. The molecule has 11 heteroatoms. The quantitative estimate of drug-likeness (QED) is 0.376. The molecule has 1 saturated heterocycles. The number of nitrogens with two attached hydrogens (primary N) is 1. The number of aliphatic hydroxyl groups excluding tert-OH is 3. The Morgan fingerprint density at radius 2 is 2.04 bits per heavy atom. The molecule has 2 aromatic heterocycles. The molecule has 0 spiro atoms. The summed E-state index contributed by atoms with van der Waals surface area (Å²) in [4.78, 5) is 12.7. The van der Waals surface area contributed by atoms with Crippen LogP contribution in [0.5, 0.6) is 0 Å². The number of imidazole rings is 1. The highest BCUT2D eigenvalue weighted by atomic mass is 35.5. The molecule has 0 bridgehead atoms. The summed E-state index contributed by atoms with van der Waals surface area (Å²) in [6, 6.07) is 5.38. The van der Waals surface area contributed by atoms with Crippen molar-refractivity contribution in [2.75, 3.05) is 17.7 Å². The van der Waals surface area contributed by atoms with Gasteiger partial charge in [-0.15, -0.1) is 0 Å². The molecule has 3 heterocycles. The Labute approximate surface area is 164 Å². The van der Waals surface area contributed by atoms with Crippen molar-refractivity contribution in [2.45, 2.75) is 31.1 Å². The molecular weight excluding hydrogens is 388 g/mol. The molecule has 0 amide bonds. The van der Waals surface area contributed by atoms with Gasteiger partial charge in [0.1, 0.15) is 24.6 Å². The normalized spacial score (nSPS) is 24.7. The van der Waals surface area contributed by atoms with Gasteiger partial charge in [-0.3, -0.25) is 4.57 Å². The van der Waals surface area contributed by atoms with E-state index in [2.05, 4.69) is 20.3 Å². The van der Waals surface area contributed by atoms with E-state index in [9.17, 15) is 15.3 Å². The summed E-state index contributed by atoms with van der Waals surface area (Å²) in [5, 5.41) is 33.1. The molecule has 4 rings (SSSR count). The van der Waals surface area contributed by atoms with Crippen LogP contribution in [0.15, 0.2) is 30.9 Å². The highest BCUT2D eigenvalue weighted by Gasteiger charge is 2.44. The van der Waals surface area contributed by atoms with Crippen molar-refractivity contribution in [2.24, 2.45) is 0 Å². The van der Waals surface area contributed by atoms with E-state index in [0.717, 1.165) is 5.56 Å². The van der Waals surface area contributed by atoms with Gasteiger partial charge in [-0.25, -0.2) is 15.0 Å². The van der Waals surface area contributed by atoms with E-state index < -0.39 is 31.1 Å². The van der Waals surface area contributed by atoms with E-state index in [1.165, 1.54) is 17.2 Å². The lowest BCUT2D eigenvalue weighted by Crippen LogP contribution is -2.33. The fraction of sp³-hybridized carbons (Fsp3) is 0.353. The minimum absolute atomic E-state index is 0.372. The minimum atomic E-state index is -1.23. The SMILES string of the molecule is Nc1cccc(CNc2ncnc3c2ncn3[C@@H]2O[C@H](CO)[C@@H](O)[C@H]2O)c1Cl. The molecule has 4 atom stereocenters. The highest BCUT2D eigenvalue weighted by Crippen LogP contribution is 2.32. The molecule has 28 heavy (non-hydrogen) atoms. The number of nitrogens with one attached hydrogen (secondary N) is 1. The van der Waals surface area contributed by atoms with Crippen LogP contribution in [-0.4, -0.2) is 59.8 Å². The summed E-state index contributed by atoms with van der Waals surface area (Å²) in [6.07, 6.45) is -1.46. The number of aromatic nitrogens is 4. The molecule has 10 nitrogen and oxygen atoms in total. The molecular formula is C17H19ClN6O4. The van der Waals surface area contributed by atoms with Gasteiger partial charge in [-0.2, -0.15) is 0 Å². The molecule has 1 aliphatic heterocycles. The zero-order valence-electron chi connectivity index (χ0n) is 14.6. The maximum absolute atomic E-state index is 10.2. The lowest BCUT2D eigenvalue weighted by Gasteiger charge is -2.16. The summed E-state index contributed by atoms with van der Waals surface area (Å²) >= 11 is 6.22. The molecule has 0 unspecified atom stereocenters. The van der Waals surface area contributed by atoms with E-state index >= 15 is 0 Å². The molecule has 0 saturated carbocycles. The molecule has 6 N–H and O–H groups in total. The molecule has 1 fully saturated rings. The van der Waals surface area contributed by atoms with E-state index in [0.29, 0.717) is 34.2 Å². The van der Waals surface area contributed by atoms with Gasteiger partial charge in [0, 0.05) is 6.54 Å². The first-order chi connectivity index (χ1) is 13.5. The van der Waals surface area contributed by atoms with Gasteiger partial charge < -0.3 is 31.1 Å². The lowest BCUT2D eigenvalue weighted by molar-refractivity contribution is -0.0511. The third kappa shape index (κ3) is 3.15. The largest absolute Gasteiger partial charge is 0.398 e. The van der Waals surface area contributed by atoms with Gasteiger partial charge in [0.15, 0.2) is 23.2 Å². The van der Waals surface area contributed by atoms with Crippen LogP contribution in [-0.2, 0) is 11.3 Å². The molecule has 148 valence electrons. The smallest absolute Gasteiger partial charge is 0.167 e. The van der Waals surface area contributed by atoms with Crippen molar-refractivity contribution in [3.8, 4) is 0 Å². The van der Waals surface area contributed by atoms with Gasteiger partial charge in [-0.1, -0.05) is 23.7 Å². The zero-order valence-corrected chi connectivity index (χ0v) is 15.4. The molecule has 3 aromatic rings. The number of hydrogen-bond donors (Lipinski definition) is 5. The topological polar surface area (TPSA) is 152 Å². The summed E-state index contributed by atoms with van der Waals surface area (Å²) in [6.45, 7) is -0.0409. The first-order valence-corrected chi connectivity index (χ1v) is 8.95. The van der Waals surface area contributed by atoms with Gasteiger partial charge >= 0.3 is 0 Å². The highest BCUT2D eigenvalue weighted by molar-refractivity contribution is 6.33. The van der Waals surface area contributed by atoms with Crippen LogP contribution < -0.4 is 11.1 Å². The Bertz CT molecular complexity index is 999. The second-order valence-electron chi connectivity index (χ2n) is 6.45. The summed E-state index contributed by atoms with van der Waals surface area (Å²) in [5.41, 5.74) is 7.98. The Kier molecular flexibility index (Phi) is 5.04. The van der Waals surface area contributed by atoms with Crippen LogP contribution in [0.3, 0.4) is 0 Å². The predicted molar refractivity (Wildman–Crippen MR) is 102 cm³/mol. The summed E-state index contributed by atoms with van der Waals surface area (Å²) in [7, 11) is 0. The standard InChI is InChI=1S/C17H19ClN6O4/c18-11-8(2-1-3-9(11)19)4-20-15-12-16(22-6-21-15)24(7-23-12)17-14(27)13(26)10(5-25)28-17/h1-3,6-7,10,13-14,17,25-27H,4-5,19H2,(H,20,21,22)/t10-,13-,14-,17-/m1/s1. The molecule has 0 aliphatic carbocycles. The van der Waals surface area contributed by atoms with E-state index in [1.807, 2.05) is 12.1 Å². The van der Waals surface area contributed by atoms with Gasteiger partial charge in [0.25, 0.3) is 0 Å². The van der Waals surface area contributed by atoms with Crippen LogP contribution in [0.2, 0.25) is 5.02 Å². The maximum atomic E-state index is 10.2. The van der Waals surface area contributed by atoms with Crippen LogP contribution in [0.25, 0.3) is 11.2 Å². The number of rotatable bonds is 5. The lowest BCUT2D eigenvalue weighted by atomic mass is 10.1. The van der Waals surface area contributed by atoms with Crippen LogP contribution >= 0.6 is 11.6 Å². The Morgan fingerprint density at radius 3 is 2.79 bits per heavy atom. The average Bonchev–Trinajstić information content (AvgIpc) is 3.25. The number of fused-ring (bicyclic) bond motifs is 1. The first-order valence-electron chi connectivity index (χ1n) is 8.58. The first kappa shape index (κ1) is 18.8. The zero-order chi connectivity index (χ0) is 19.8. The number of halogens is 1.